The van der Waals surface area contributed by atoms with Gasteiger partial charge in [-0.05, 0) is 37.5 Å². The third-order valence-corrected chi connectivity index (χ3v) is 8.76. The molecule has 3 aliphatic rings. The van der Waals surface area contributed by atoms with Crippen molar-refractivity contribution < 1.29 is 35.4 Å². The lowest BCUT2D eigenvalue weighted by molar-refractivity contribution is -0.981. The van der Waals surface area contributed by atoms with Gasteiger partial charge in [0.25, 0.3) is 11.8 Å². The first kappa shape index (κ1) is 22.7. The van der Waals surface area contributed by atoms with E-state index in [-0.39, 0.29) is 17.5 Å². The Labute approximate surface area is 201 Å². The standard InChI is InChI=1S/C22H27N5O6S/c1-12-15(13-5-9-25-14(11-13)21(2)6-3-7-21)34-17(16(23)28)26(12)27(20(32)33)10-4-8-22(27,18(24)29)19(30)31/h5,9,11,17H,3-4,6-8,10H2,1-2H3,(H5-,23,24,28,29,30,31,32,33)/p+1/i10D. The molecule has 12 heteroatoms. The fourth-order valence-electron chi connectivity index (χ4n) is 5.29. The molecule has 4 unspecified atom stereocenters. The Hall–Kier alpha value is -3.12. The van der Waals surface area contributed by atoms with Crippen LogP contribution in [0.15, 0.2) is 24.0 Å². The number of amides is 3. The minimum Gasteiger partial charge on any atom is -0.476 e. The monoisotopic (exact) mass is 491 g/mol. The molecule has 34 heavy (non-hydrogen) atoms. The van der Waals surface area contributed by atoms with Crippen molar-refractivity contribution >= 4 is 40.5 Å². The fraction of sp³-hybridized carbons (Fsp3) is 0.500. The molecule has 1 saturated carbocycles. The number of hydrogen-bond donors (Lipinski definition) is 4. The first-order valence-corrected chi connectivity index (χ1v) is 11.7. The second kappa shape index (κ2) is 7.98. The van der Waals surface area contributed by atoms with E-state index in [9.17, 15) is 29.4 Å². The second-order valence-corrected chi connectivity index (χ2v) is 10.3. The fourth-order valence-corrected chi connectivity index (χ4v) is 6.56. The number of carbonyl (C=O) groups excluding carboxylic acids is 2. The zero-order chi connectivity index (χ0) is 25.9. The van der Waals surface area contributed by atoms with E-state index in [1.54, 1.807) is 12.3 Å². The second-order valence-electron chi connectivity index (χ2n) is 9.19. The van der Waals surface area contributed by atoms with E-state index < -0.39 is 52.3 Å². The number of aliphatic carboxylic acids is 1. The van der Waals surface area contributed by atoms with Gasteiger partial charge in [0.1, 0.15) is 6.52 Å². The number of allylic oxidation sites excluding steroid dienone is 1. The summed E-state index contributed by atoms with van der Waals surface area (Å²) in [6.07, 6.45) is 2.17. The third-order valence-electron chi connectivity index (χ3n) is 7.34. The van der Waals surface area contributed by atoms with Crippen molar-refractivity contribution in [3.8, 4) is 0 Å². The van der Waals surface area contributed by atoms with Crippen LogP contribution >= 0.6 is 11.8 Å². The summed E-state index contributed by atoms with van der Waals surface area (Å²) >= 11 is 0.958. The van der Waals surface area contributed by atoms with Crippen LogP contribution in [0.4, 0.5) is 4.79 Å². The minimum absolute atomic E-state index is 0.0863. The van der Waals surface area contributed by atoms with Crippen molar-refractivity contribution in [3.63, 3.8) is 0 Å². The van der Waals surface area contributed by atoms with Gasteiger partial charge in [0.15, 0.2) is 0 Å². The number of hydrogen-bond acceptors (Lipinski definition) is 7. The van der Waals surface area contributed by atoms with Crippen molar-refractivity contribution in [2.24, 2.45) is 11.5 Å². The Kier molecular flexibility index (Phi) is 5.32. The zero-order valence-corrected chi connectivity index (χ0v) is 19.7. The van der Waals surface area contributed by atoms with Gasteiger partial charge >= 0.3 is 17.6 Å². The van der Waals surface area contributed by atoms with Gasteiger partial charge < -0.3 is 21.7 Å². The molecule has 3 amide bonds. The number of aromatic nitrogens is 1. The van der Waals surface area contributed by atoms with Crippen molar-refractivity contribution in [1.82, 2.24) is 9.99 Å². The summed E-state index contributed by atoms with van der Waals surface area (Å²) in [4.78, 5) is 55.6. The predicted molar refractivity (Wildman–Crippen MR) is 122 cm³/mol. The Morgan fingerprint density at radius 3 is 2.41 bits per heavy atom. The number of thioether (sulfide) groups is 1. The SMILES string of the molecule is [2H]C1CCC(C(N)=O)(C(=O)O)[N+]1(C(=O)O)N1C(C)=C(c2ccnc(C3(C)CCC3)c2)SC1C(N)=O. The van der Waals surface area contributed by atoms with E-state index >= 15 is 0 Å². The summed E-state index contributed by atoms with van der Waals surface area (Å²) < 4.78 is 6.91. The Bertz CT molecular complexity index is 1160. The molecule has 1 aliphatic carbocycles. The quantitative estimate of drug-likeness (QED) is 0.340. The molecule has 1 aromatic heterocycles. The normalized spacial score (nSPS) is 32.8. The van der Waals surface area contributed by atoms with Gasteiger partial charge in [0, 0.05) is 35.1 Å². The van der Waals surface area contributed by atoms with E-state index in [0.717, 1.165) is 41.7 Å². The molecule has 4 rings (SSSR count). The maximum atomic E-state index is 12.9. The summed E-state index contributed by atoms with van der Waals surface area (Å²) in [5, 5.41) is 20.1. The van der Waals surface area contributed by atoms with Crippen molar-refractivity contribution in [3.05, 3.63) is 35.3 Å². The maximum Gasteiger partial charge on any atom is 0.540 e. The maximum absolute atomic E-state index is 12.9. The molecule has 0 aromatic carbocycles. The van der Waals surface area contributed by atoms with Crippen LogP contribution in [0.1, 0.15) is 58.6 Å². The lowest BCUT2D eigenvalue weighted by Crippen LogP contribution is -2.78. The molecule has 11 nitrogen and oxygen atoms in total. The van der Waals surface area contributed by atoms with Crippen LogP contribution in [-0.4, -0.2) is 66.1 Å². The summed E-state index contributed by atoms with van der Waals surface area (Å²) in [5.41, 5.74) is 10.1. The summed E-state index contributed by atoms with van der Waals surface area (Å²) in [6, 6.07) is 3.59. The first-order chi connectivity index (χ1) is 16.3. The van der Waals surface area contributed by atoms with E-state index in [1.165, 1.54) is 6.92 Å². The van der Waals surface area contributed by atoms with E-state index in [4.69, 9.17) is 12.8 Å². The number of nitrogens with zero attached hydrogens (tertiary/aromatic N) is 3. The van der Waals surface area contributed by atoms with Gasteiger partial charge in [-0.15, -0.1) is 0 Å². The highest BCUT2D eigenvalue weighted by Crippen LogP contribution is 2.52. The van der Waals surface area contributed by atoms with Crippen LogP contribution < -0.4 is 11.5 Å². The average molecular weight is 492 g/mol. The van der Waals surface area contributed by atoms with Crippen LogP contribution in [0.2, 0.25) is 0 Å². The number of pyridine rings is 1. The van der Waals surface area contributed by atoms with Crippen LogP contribution in [0.25, 0.3) is 4.91 Å². The highest BCUT2D eigenvalue weighted by molar-refractivity contribution is 8.09. The van der Waals surface area contributed by atoms with E-state index in [0.29, 0.717) is 10.5 Å². The highest BCUT2D eigenvalue weighted by atomic mass is 32.2. The summed E-state index contributed by atoms with van der Waals surface area (Å²) in [6.45, 7) is 2.00. The number of primary amides is 2. The smallest absolute Gasteiger partial charge is 0.476 e. The van der Waals surface area contributed by atoms with Crippen LogP contribution in [0, 0.1) is 0 Å². The largest absolute Gasteiger partial charge is 0.540 e. The Morgan fingerprint density at radius 1 is 1.24 bits per heavy atom. The molecule has 2 fully saturated rings. The van der Waals surface area contributed by atoms with Crippen LogP contribution in [0.3, 0.4) is 0 Å². The molecular weight excluding hydrogens is 462 g/mol. The van der Waals surface area contributed by atoms with Crippen molar-refractivity contribution in [2.45, 2.75) is 62.3 Å². The molecule has 2 aliphatic heterocycles. The van der Waals surface area contributed by atoms with Gasteiger partial charge in [-0.2, -0.15) is 9.80 Å². The topological polar surface area (TPSA) is 177 Å². The number of likely N-dealkylation sites (tertiary alicyclic amines) is 1. The number of nitrogens with two attached hydrogens (primary N) is 2. The Balaban J connectivity index is 1.95. The number of quaternary nitrogens is 1. The summed E-state index contributed by atoms with van der Waals surface area (Å²) in [7, 11) is 0. The molecule has 0 radical (unpaired) electrons. The first-order valence-electron chi connectivity index (χ1n) is 11.4. The molecular formula is C22H28N5O6S+. The van der Waals surface area contributed by atoms with Crippen LogP contribution in [0.5, 0.6) is 0 Å². The molecule has 182 valence electrons. The van der Waals surface area contributed by atoms with Crippen molar-refractivity contribution in [1.29, 1.82) is 0 Å². The molecule has 3 heterocycles. The van der Waals surface area contributed by atoms with Gasteiger partial charge in [-0.1, -0.05) is 29.7 Å². The minimum atomic E-state index is -2.70. The summed E-state index contributed by atoms with van der Waals surface area (Å²) in [5.74, 6) is -4.12. The van der Waals surface area contributed by atoms with Crippen molar-refractivity contribution in [2.75, 3.05) is 6.52 Å². The van der Waals surface area contributed by atoms with Gasteiger partial charge in [0.2, 0.25) is 5.37 Å². The number of carboxylic acid groups (broad SMARTS) is 2. The van der Waals surface area contributed by atoms with E-state index in [1.807, 2.05) is 6.07 Å². The Morgan fingerprint density at radius 2 is 1.91 bits per heavy atom. The lowest BCUT2D eigenvalue weighted by atomic mass is 9.68. The highest BCUT2D eigenvalue weighted by Gasteiger charge is 2.75. The number of carboxylic acids is 1. The molecule has 1 saturated heterocycles. The van der Waals surface area contributed by atoms with Gasteiger partial charge in [-0.3, -0.25) is 14.6 Å². The molecule has 6 N–H and O–H groups in total. The van der Waals surface area contributed by atoms with Gasteiger partial charge in [-0.25, -0.2) is 4.79 Å². The zero-order valence-electron chi connectivity index (χ0n) is 19.9. The third kappa shape index (κ3) is 3.04. The lowest BCUT2D eigenvalue weighted by Gasteiger charge is -2.46. The number of rotatable bonds is 6. The number of carbonyl (C=O) groups is 4. The molecule has 4 atom stereocenters. The average Bonchev–Trinajstić information content (AvgIpc) is 3.27. The molecule has 0 bridgehead atoms. The van der Waals surface area contributed by atoms with E-state index in [2.05, 4.69) is 11.9 Å². The molecule has 1 aromatic rings. The predicted octanol–water partition coefficient (Wildman–Crippen LogP) is 1.58. The van der Waals surface area contributed by atoms with Crippen LogP contribution in [-0.2, 0) is 19.8 Å². The molecule has 0 spiro atoms. The van der Waals surface area contributed by atoms with Gasteiger partial charge in [0.05, 0.1) is 7.07 Å².